The summed E-state index contributed by atoms with van der Waals surface area (Å²) in [5.74, 6) is 0.913. The fourth-order valence-corrected chi connectivity index (χ4v) is 4.80. The van der Waals surface area contributed by atoms with Crippen molar-refractivity contribution >= 4 is 5.91 Å². The van der Waals surface area contributed by atoms with Crippen LogP contribution in [0.25, 0.3) is 0 Å². The molecule has 1 heterocycles. The van der Waals surface area contributed by atoms with Gasteiger partial charge in [0.1, 0.15) is 11.6 Å². The summed E-state index contributed by atoms with van der Waals surface area (Å²) in [6.07, 6.45) is 3.54. The van der Waals surface area contributed by atoms with Crippen LogP contribution in [0.2, 0.25) is 0 Å². The molecule has 1 saturated carbocycles. The lowest BCUT2D eigenvalue weighted by Gasteiger charge is -2.52. The molecule has 5 nitrogen and oxygen atoms in total. The average Bonchev–Trinajstić information content (AvgIpc) is 2.65. The van der Waals surface area contributed by atoms with E-state index >= 15 is 0 Å². The van der Waals surface area contributed by atoms with Crippen LogP contribution < -0.4 is 10.1 Å². The summed E-state index contributed by atoms with van der Waals surface area (Å²) in [6.45, 7) is 4.70. The van der Waals surface area contributed by atoms with Crippen LogP contribution in [-0.4, -0.2) is 38.4 Å². The third-order valence-corrected chi connectivity index (χ3v) is 6.33. The van der Waals surface area contributed by atoms with Gasteiger partial charge in [0.05, 0.1) is 25.9 Å². The van der Waals surface area contributed by atoms with Crippen LogP contribution in [0.4, 0.5) is 4.39 Å². The number of hydrogen-bond donors (Lipinski definition) is 1. The second-order valence-electron chi connectivity index (χ2n) is 8.49. The van der Waals surface area contributed by atoms with E-state index in [4.69, 9.17) is 14.2 Å². The maximum atomic E-state index is 14.7. The van der Waals surface area contributed by atoms with Crippen LogP contribution in [0, 0.1) is 17.7 Å². The number of fused-ring (bicyclic) bond motifs is 1. The van der Waals surface area contributed by atoms with Crippen molar-refractivity contribution in [3.8, 4) is 5.75 Å². The molecule has 1 saturated heterocycles. The quantitative estimate of drug-likeness (QED) is 0.793. The molecule has 0 spiro atoms. The number of ether oxygens (including phenoxy) is 3. The monoisotopic (exact) mass is 393 g/mol. The van der Waals surface area contributed by atoms with E-state index in [9.17, 15) is 9.18 Å². The number of carbonyl (C=O) groups is 1. The molecule has 0 unspecified atom stereocenters. The van der Waals surface area contributed by atoms with Crippen molar-refractivity contribution in [1.29, 1.82) is 0 Å². The van der Waals surface area contributed by atoms with Gasteiger partial charge in [0.15, 0.2) is 0 Å². The summed E-state index contributed by atoms with van der Waals surface area (Å²) in [5.41, 5.74) is 0.0834. The van der Waals surface area contributed by atoms with Crippen LogP contribution in [-0.2, 0) is 14.3 Å². The predicted octanol–water partition coefficient (Wildman–Crippen LogP) is 4.01. The number of halogens is 1. The minimum absolute atomic E-state index is 0.0109. The lowest BCUT2D eigenvalue weighted by molar-refractivity contribution is -0.154. The highest BCUT2D eigenvalue weighted by atomic mass is 19.1. The Morgan fingerprint density at radius 1 is 1.36 bits per heavy atom. The summed E-state index contributed by atoms with van der Waals surface area (Å²) >= 11 is 0. The third-order valence-electron chi connectivity index (χ3n) is 6.33. The Kier molecular flexibility index (Phi) is 6.61. The number of amides is 1. The van der Waals surface area contributed by atoms with Crippen molar-refractivity contribution in [2.45, 2.75) is 63.7 Å². The maximum absolute atomic E-state index is 14.7. The Balaban J connectivity index is 1.86. The molecule has 1 aromatic rings. The van der Waals surface area contributed by atoms with Gasteiger partial charge in [-0.2, -0.15) is 0 Å². The standard InChI is InChI=1S/C22H32FNO4/c1-14-5-8-17-19(11-14)28-20(16-7-6-15(27-4)12-18(16)23)13-22(17,2)24-21(25)9-10-26-3/h6-7,12,14,17,19-20H,5,8-11,13H2,1-4H3,(H,24,25)/t14-,17-,19-,20-,22+/m1/s1. The Morgan fingerprint density at radius 2 is 2.14 bits per heavy atom. The van der Waals surface area contributed by atoms with E-state index in [1.165, 1.54) is 13.2 Å². The third kappa shape index (κ3) is 4.49. The van der Waals surface area contributed by atoms with Gasteiger partial charge in [-0.3, -0.25) is 4.79 Å². The van der Waals surface area contributed by atoms with Gasteiger partial charge in [-0.1, -0.05) is 13.3 Å². The lowest BCUT2D eigenvalue weighted by atomic mass is 9.66. The molecular formula is C22H32FNO4. The fraction of sp³-hybridized carbons (Fsp3) is 0.682. The minimum atomic E-state index is -0.440. The lowest BCUT2D eigenvalue weighted by Crippen LogP contribution is -2.60. The van der Waals surface area contributed by atoms with E-state index in [1.807, 2.05) is 0 Å². The van der Waals surface area contributed by atoms with E-state index in [0.717, 1.165) is 19.3 Å². The number of methoxy groups -OCH3 is 2. The maximum Gasteiger partial charge on any atom is 0.222 e. The van der Waals surface area contributed by atoms with Gasteiger partial charge < -0.3 is 19.5 Å². The molecule has 2 fully saturated rings. The van der Waals surface area contributed by atoms with Gasteiger partial charge in [-0.05, 0) is 37.8 Å². The van der Waals surface area contributed by atoms with Crippen LogP contribution in [0.1, 0.15) is 57.6 Å². The zero-order valence-electron chi connectivity index (χ0n) is 17.3. The molecule has 156 valence electrons. The zero-order chi connectivity index (χ0) is 20.3. The molecular weight excluding hydrogens is 361 g/mol. The van der Waals surface area contributed by atoms with Crippen molar-refractivity contribution in [1.82, 2.24) is 5.32 Å². The van der Waals surface area contributed by atoms with Crippen molar-refractivity contribution < 1.29 is 23.4 Å². The molecule has 1 aliphatic carbocycles. The Hall–Kier alpha value is -1.66. The van der Waals surface area contributed by atoms with Crippen LogP contribution in [0.15, 0.2) is 18.2 Å². The number of carbonyl (C=O) groups excluding carboxylic acids is 1. The van der Waals surface area contributed by atoms with Gasteiger partial charge in [-0.15, -0.1) is 0 Å². The SMILES string of the molecule is COCCC(=O)N[C@@]1(C)C[C@H](c2ccc(OC)cc2F)O[C@@H]2C[C@H](C)CC[C@H]21. The number of rotatable bonds is 6. The van der Waals surface area contributed by atoms with Gasteiger partial charge in [0.2, 0.25) is 5.91 Å². The second-order valence-corrected chi connectivity index (χ2v) is 8.49. The highest BCUT2D eigenvalue weighted by Gasteiger charge is 2.49. The largest absolute Gasteiger partial charge is 0.497 e. The zero-order valence-corrected chi connectivity index (χ0v) is 17.3. The summed E-state index contributed by atoms with van der Waals surface area (Å²) in [7, 11) is 3.11. The molecule has 0 radical (unpaired) electrons. The van der Waals surface area contributed by atoms with Gasteiger partial charge in [0, 0.05) is 43.0 Å². The molecule has 0 aromatic heterocycles. The van der Waals surface area contributed by atoms with E-state index in [-0.39, 0.29) is 23.7 Å². The summed E-state index contributed by atoms with van der Waals surface area (Å²) < 4.78 is 31.3. The smallest absolute Gasteiger partial charge is 0.222 e. The normalized spacial score (nSPS) is 32.5. The first-order valence-electron chi connectivity index (χ1n) is 10.1. The molecule has 1 N–H and O–H groups in total. The highest BCUT2D eigenvalue weighted by molar-refractivity contribution is 5.77. The fourth-order valence-electron chi connectivity index (χ4n) is 4.80. The number of benzene rings is 1. The van der Waals surface area contributed by atoms with Crippen LogP contribution in [0.5, 0.6) is 5.75 Å². The van der Waals surface area contributed by atoms with Crippen molar-refractivity contribution in [3.05, 3.63) is 29.6 Å². The average molecular weight is 393 g/mol. The van der Waals surface area contributed by atoms with Gasteiger partial charge >= 0.3 is 0 Å². The molecule has 1 amide bonds. The molecule has 6 heteroatoms. The minimum Gasteiger partial charge on any atom is -0.497 e. The molecule has 1 aromatic carbocycles. The molecule has 2 aliphatic rings. The van der Waals surface area contributed by atoms with Crippen molar-refractivity contribution in [3.63, 3.8) is 0 Å². The van der Waals surface area contributed by atoms with E-state index in [0.29, 0.717) is 36.7 Å². The molecule has 1 aliphatic heterocycles. The molecule has 28 heavy (non-hydrogen) atoms. The van der Waals surface area contributed by atoms with Crippen molar-refractivity contribution in [2.75, 3.05) is 20.8 Å². The van der Waals surface area contributed by atoms with Crippen LogP contribution in [0.3, 0.4) is 0 Å². The first-order chi connectivity index (χ1) is 13.4. The molecule has 0 bridgehead atoms. The molecule has 5 atom stereocenters. The second kappa shape index (κ2) is 8.78. The van der Waals surface area contributed by atoms with E-state index < -0.39 is 11.6 Å². The summed E-state index contributed by atoms with van der Waals surface area (Å²) in [5, 5.41) is 3.24. The number of nitrogens with one attached hydrogen (secondary N) is 1. The summed E-state index contributed by atoms with van der Waals surface area (Å²) in [6, 6.07) is 4.88. The first-order valence-corrected chi connectivity index (χ1v) is 10.1. The number of hydrogen-bond acceptors (Lipinski definition) is 4. The predicted molar refractivity (Wildman–Crippen MR) is 105 cm³/mol. The highest BCUT2D eigenvalue weighted by Crippen LogP contribution is 2.48. The Bertz CT molecular complexity index is 697. The van der Waals surface area contributed by atoms with E-state index in [1.54, 1.807) is 19.2 Å². The van der Waals surface area contributed by atoms with Gasteiger partial charge in [0.25, 0.3) is 0 Å². The van der Waals surface area contributed by atoms with E-state index in [2.05, 4.69) is 19.2 Å². The van der Waals surface area contributed by atoms with Gasteiger partial charge in [-0.25, -0.2) is 4.39 Å². The molecule has 3 rings (SSSR count). The van der Waals surface area contributed by atoms with Crippen molar-refractivity contribution in [2.24, 2.45) is 11.8 Å². The van der Waals surface area contributed by atoms with Crippen LogP contribution >= 0.6 is 0 Å². The first kappa shape index (κ1) is 21.1. The summed E-state index contributed by atoms with van der Waals surface area (Å²) in [4.78, 5) is 12.5. The Morgan fingerprint density at radius 3 is 2.82 bits per heavy atom. The topological polar surface area (TPSA) is 56.8 Å². The Labute approximate surface area is 166 Å².